The summed E-state index contributed by atoms with van der Waals surface area (Å²) in [6.07, 6.45) is 0.928. The molecule has 3 heterocycles. The molecule has 2 N–H and O–H groups in total. The molecule has 3 amide bonds. The summed E-state index contributed by atoms with van der Waals surface area (Å²) in [5, 5.41) is 11.0. The number of carbonyl (C=O) groups is 4. The average Bonchev–Trinajstić information content (AvgIpc) is 3.12. The lowest BCUT2D eigenvalue weighted by Gasteiger charge is -2.23. The number of imide groups is 1. The highest BCUT2D eigenvalue weighted by atomic mass is 16.5. The predicted octanol–water partition coefficient (Wildman–Crippen LogP) is -0.872. The Hall–Kier alpha value is -1.96. The standard InChI is InChI=1S/C14H18N2O6/c1-6(12(19)15-5-4-9(17)18)16-13(20)10-7-2-3-8(22-7)11(10)14(16)21/h6-8,10-11H,2-5H2,1H3,(H,15,19)(H,17,18). The molecule has 3 aliphatic heterocycles. The minimum absolute atomic E-state index is 0.0318. The van der Waals surface area contributed by atoms with Crippen molar-refractivity contribution >= 4 is 23.7 Å². The number of hydrogen-bond donors (Lipinski definition) is 2. The molecule has 0 saturated carbocycles. The molecule has 0 aromatic heterocycles. The van der Waals surface area contributed by atoms with E-state index in [1.165, 1.54) is 6.92 Å². The van der Waals surface area contributed by atoms with Crippen molar-refractivity contribution in [2.75, 3.05) is 6.54 Å². The van der Waals surface area contributed by atoms with Gasteiger partial charge in [0.25, 0.3) is 0 Å². The van der Waals surface area contributed by atoms with Gasteiger partial charge < -0.3 is 15.2 Å². The summed E-state index contributed by atoms with van der Waals surface area (Å²) in [5.41, 5.74) is 0. The number of nitrogens with one attached hydrogen (secondary N) is 1. The van der Waals surface area contributed by atoms with E-state index >= 15 is 0 Å². The highest BCUT2D eigenvalue weighted by Gasteiger charge is 2.63. The molecule has 8 nitrogen and oxygen atoms in total. The molecular formula is C14H18N2O6. The predicted molar refractivity (Wildman–Crippen MR) is 71.5 cm³/mol. The molecule has 0 aromatic carbocycles. The Morgan fingerprint density at radius 2 is 1.82 bits per heavy atom. The Balaban J connectivity index is 1.67. The summed E-state index contributed by atoms with van der Waals surface area (Å²) < 4.78 is 5.63. The average molecular weight is 310 g/mol. The van der Waals surface area contributed by atoms with Crippen LogP contribution in [0.1, 0.15) is 26.2 Å². The van der Waals surface area contributed by atoms with E-state index < -0.39 is 29.8 Å². The number of amides is 3. The van der Waals surface area contributed by atoms with Crippen molar-refractivity contribution in [1.82, 2.24) is 10.2 Å². The van der Waals surface area contributed by atoms with Gasteiger partial charge in [-0.15, -0.1) is 0 Å². The van der Waals surface area contributed by atoms with Crippen molar-refractivity contribution < 1.29 is 29.0 Å². The molecule has 120 valence electrons. The molecule has 0 radical (unpaired) electrons. The molecule has 2 bridgehead atoms. The number of fused-ring (bicyclic) bond motifs is 5. The summed E-state index contributed by atoms with van der Waals surface area (Å²) in [6.45, 7) is 1.45. The van der Waals surface area contributed by atoms with Gasteiger partial charge in [-0.1, -0.05) is 0 Å². The molecular weight excluding hydrogens is 292 g/mol. The second-order valence-electron chi connectivity index (χ2n) is 6.00. The zero-order chi connectivity index (χ0) is 16.0. The lowest BCUT2D eigenvalue weighted by molar-refractivity contribution is -0.149. The first-order valence-corrected chi connectivity index (χ1v) is 7.43. The van der Waals surface area contributed by atoms with Crippen LogP contribution in [0, 0.1) is 11.8 Å². The molecule has 8 heteroatoms. The fraction of sp³-hybridized carbons (Fsp3) is 0.714. The largest absolute Gasteiger partial charge is 0.481 e. The topological polar surface area (TPSA) is 113 Å². The third-order valence-corrected chi connectivity index (χ3v) is 4.72. The molecule has 5 unspecified atom stereocenters. The van der Waals surface area contributed by atoms with Crippen LogP contribution in [0.4, 0.5) is 0 Å². The SMILES string of the molecule is CC(C(=O)NCCC(=O)O)N1C(=O)C2C3CCC(O3)C2C1=O. The van der Waals surface area contributed by atoms with E-state index in [2.05, 4.69) is 5.32 Å². The minimum Gasteiger partial charge on any atom is -0.481 e. The summed E-state index contributed by atoms with van der Waals surface area (Å²) >= 11 is 0. The first-order chi connectivity index (χ1) is 10.4. The van der Waals surface area contributed by atoms with Crippen LogP contribution in [-0.2, 0) is 23.9 Å². The summed E-state index contributed by atoms with van der Waals surface area (Å²) in [7, 11) is 0. The van der Waals surface area contributed by atoms with Crippen LogP contribution < -0.4 is 5.32 Å². The Kier molecular flexibility index (Phi) is 3.64. The second-order valence-corrected chi connectivity index (χ2v) is 6.00. The second kappa shape index (κ2) is 5.35. The van der Waals surface area contributed by atoms with Gasteiger partial charge in [0, 0.05) is 6.54 Å². The van der Waals surface area contributed by atoms with Gasteiger partial charge in [-0.2, -0.15) is 0 Å². The summed E-state index contributed by atoms with van der Waals surface area (Å²) in [4.78, 5) is 48.4. The van der Waals surface area contributed by atoms with Crippen molar-refractivity contribution in [3.63, 3.8) is 0 Å². The number of ether oxygens (including phenoxy) is 1. The lowest BCUT2D eigenvalue weighted by Crippen LogP contribution is -2.49. The van der Waals surface area contributed by atoms with Crippen LogP contribution in [-0.4, -0.2) is 58.5 Å². The van der Waals surface area contributed by atoms with Gasteiger partial charge in [-0.25, -0.2) is 0 Å². The van der Waals surface area contributed by atoms with Crippen molar-refractivity contribution in [2.24, 2.45) is 11.8 Å². The van der Waals surface area contributed by atoms with Crippen molar-refractivity contribution in [3.05, 3.63) is 0 Å². The smallest absolute Gasteiger partial charge is 0.305 e. The van der Waals surface area contributed by atoms with Crippen LogP contribution in [0.5, 0.6) is 0 Å². The molecule has 0 spiro atoms. The Morgan fingerprint density at radius 1 is 1.27 bits per heavy atom. The molecule has 5 atom stereocenters. The van der Waals surface area contributed by atoms with Crippen LogP contribution in [0.3, 0.4) is 0 Å². The maximum absolute atomic E-state index is 12.5. The molecule has 3 saturated heterocycles. The zero-order valence-electron chi connectivity index (χ0n) is 12.2. The van der Waals surface area contributed by atoms with Gasteiger partial charge in [-0.3, -0.25) is 24.1 Å². The van der Waals surface area contributed by atoms with Crippen LogP contribution in [0.2, 0.25) is 0 Å². The van der Waals surface area contributed by atoms with E-state index in [0.29, 0.717) is 0 Å². The Morgan fingerprint density at radius 3 is 2.32 bits per heavy atom. The quantitative estimate of drug-likeness (QED) is 0.638. The van der Waals surface area contributed by atoms with E-state index in [0.717, 1.165) is 17.7 Å². The molecule has 0 aliphatic carbocycles. The van der Waals surface area contributed by atoms with Gasteiger partial charge in [0.15, 0.2) is 0 Å². The van der Waals surface area contributed by atoms with Crippen LogP contribution in [0.15, 0.2) is 0 Å². The Labute approximate surface area is 126 Å². The first kappa shape index (κ1) is 15.0. The molecule has 3 rings (SSSR count). The van der Waals surface area contributed by atoms with E-state index in [1.54, 1.807) is 0 Å². The van der Waals surface area contributed by atoms with Crippen molar-refractivity contribution in [1.29, 1.82) is 0 Å². The molecule has 3 aliphatic rings. The van der Waals surface area contributed by atoms with Gasteiger partial charge in [-0.05, 0) is 19.8 Å². The van der Waals surface area contributed by atoms with Crippen LogP contribution in [0.25, 0.3) is 0 Å². The number of likely N-dealkylation sites (tertiary alicyclic amines) is 1. The number of carboxylic acid groups (broad SMARTS) is 1. The van der Waals surface area contributed by atoms with Crippen LogP contribution >= 0.6 is 0 Å². The first-order valence-electron chi connectivity index (χ1n) is 7.43. The third kappa shape index (κ3) is 2.18. The number of nitrogens with zero attached hydrogens (tertiary/aromatic N) is 1. The van der Waals surface area contributed by atoms with Gasteiger partial charge in [0.2, 0.25) is 17.7 Å². The molecule has 0 aromatic rings. The molecule has 22 heavy (non-hydrogen) atoms. The number of aliphatic carboxylic acids is 1. The fourth-order valence-electron chi connectivity index (χ4n) is 3.67. The highest BCUT2D eigenvalue weighted by molar-refractivity contribution is 6.09. The van der Waals surface area contributed by atoms with E-state index in [4.69, 9.17) is 9.84 Å². The van der Waals surface area contributed by atoms with E-state index in [-0.39, 0.29) is 37.0 Å². The van der Waals surface area contributed by atoms with Gasteiger partial charge >= 0.3 is 5.97 Å². The highest BCUT2D eigenvalue weighted by Crippen LogP contribution is 2.48. The van der Waals surface area contributed by atoms with Gasteiger partial charge in [0.1, 0.15) is 6.04 Å². The summed E-state index contributed by atoms with van der Waals surface area (Å²) in [6, 6.07) is -0.932. The fourth-order valence-corrected chi connectivity index (χ4v) is 3.67. The van der Waals surface area contributed by atoms with Gasteiger partial charge in [0.05, 0.1) is 30.5 Å². The van der Waals surface area contributed by atoms with Crippen molar-refractivity contribution in [2.45, 2.75) is 44.4 Å². The Bertz CT molecular complexity index is 519. The molecule has 3 fully saturated rings. The maximum Gasteiger partial charge on any atom is 0.305 e. The lowest BCUT2D eigenvalue weighted by atomic mass is 9.81. The number of carboxylic acids is 1. The maximum atomic E-state index is 12.5. The van der Waals surface area contributed by atoms with E-state index in [9.17, 15) is 19.2 Å². The minimum atomic E-state index is -1.02. The normalized spacial score (nSPS) is 34.0. The number of carbonyl (C=O) groups excluding carboxylic acids is 3. The zero-order valence-corrected chi connectivity index (χ0v) is 12.2. The monoisotopic (exact) mass is 310 g/mol. The third-order valence-electron chi connectivity index (χ3n) is 4.72. The van der Waals surface area contributed by atoms with E-state index in [1.807, 2.05) is 0 Å². The number of hydrogen-bond acceptors (Lipinski definition) is 5. The van der Waals surface area contributed by atoms with Crippen molar-refractivity contribution in [3.8, 4) is 0 Å². The summed E-state index contributed by atoms with van der Waals surface area (Å²) in [5.74, 6) is -3.15. The number of rotatable bonds is 5.